The lowest BCUT2D eigenvalue weighted by molar-refractivity contribution is -0.117. The number of amides is 2. The molecule has 0 aliphatic heterocycles. The zero-order valence-corrected chi connectivity index (χ0v) is 15.2. The molecule has 0 aliphatic rings. The van der Waals surface area contributed by atoms with Crippen molar-refractivity contribution in [2.75, 3.05) is 12.4 Å². The summed E-state index contributed by atoms with van der Waals surface area (Å²) < 4.78 is 1.02. The monoisotopic (exact) mass is 364 g/mol. The Kier molecular flexibility index (Phi) is 5.30. The molecule has 1 heterocycles. The first kappa shape index (κ1) is 18.3. The van der Waals surface area contributed by atoms with E-state index < -0.39 is 17.4 Å². The Labute approximate surface area is 156 Å². The number of fused-ring (bicyclic) bond motifs is 1. The first-order chi connectivity index (χ1) is 13.0. The van der Waals surface area contributed by atoms with Crippen LogP contribution in [0.5, 0.6) is 0 Å². The van der Waals surface area contributed by atoms with Gasteiger partial charge in [0.05, 0.1) is 5.39 Å². The normalized spacial score (nSPS) is 10.6. The third kappa shape index (κ3) is 3.87. The third-order valence-electron chi connectivity index (χ3n) is 4.22. The summed E-state index contributed by atoms with van der Waals surface area (Å²) in [5.41, 5.74) is 1.43. The number of nitrogens with zero attached hydrogens (tertiary/aromatic N) is 2. The summed E-state index contributed by atoms with van der Waals surface area (Å²) in [6.07, 6.45) is 0.852. The minimum absolute atomic E-state index is 0.105. The fourth-order valence-electron chi connectivity index (χ4n) is 2.83. The van der Waals surface area contributed by atoms with E-state index in [2.05, 4.69) is 15.7 Å². The lowest BCUT2D eigenvalue weighted by Crippen LogP contribution is -2.33. The Morgan fingerprint density at radius 2 is 1.81 bits per heavy atom. The molecule has 3 aromatic rings. The summed E-state index contributed by atoms with van der Waals surface area (Å²) in [4.78, 5) is 37.2. The topological polar surface area (TPSA) is 93.1 Å². The molecule has 0 spiro atoms. The maximum atomic E-state index is 12.7. The summed E-state index contributed by atoms with van der Waals surface area (Å²) in [6, 6.07) is 14.2. The van der Waals surface area contributed by atoms with E-state index in [1.165, 1.54) is 7.05 Å². The molecule has 0 radical (unpaired) electrons. The van der Waals surface area contributed by atoms with Crippen molar-refractivity contribution in [3.63, 3.8) is 0 Å². The molecule has 0 atom stereocenters. The van der Waals surface area contributed by atoms with Crippen LogP contribution in [0.25, 0.3) is 10.8 Å². The van der Waals surface area contributed by atoms with Gasteiger partial charge in [-0.25, -0.2) is 4.68 Å². The van der Waals surface area contributed by atoms with E-state index in [4.69, 9.17) is 0 Å². The van der Waals surface area contributed by atoms with E-state index in [0.717, 1.165) is 16.7 Å². The second-order valence-electron chi connectivity index (χ2n) is 6.04. The van der Waals surface area contributed by atoms with Gasteiger partial charge in [0.1, 0.15) is 6.54 Å². The van der Waals surface area contributed by atoms with E-state index in [9.17, 15) is 14.4 Å². The van der Waals surface area contributed by atoms with Gasteiger partial charge in [-0.1, -0.05) is 37.3 Å². The maximum absolute atomic E-state index is 12.7. The molecule has 2 aromatic carbocycles. The zero-order valence-electron chi connectivity index (χ0n) is 15.2. The van der Waals surface area contributed by atoms with E-state index >= 15 is 0 Å². The Hall–Kier alpha value is -3.48. The first-order valence-corrected chi connectivity index (χ1v) is 8.64. The van der Waals surface area contributed by atoms with Crippen molar-refractivity contribution in [1.82, 2.24) is 15.1 Å². The van der Waals surface area contributed by atoms with Gasteiger partial charge in [0.2, 0.25) is 5.91 Å². The highest BCUT2D eigenvalue weighted by molar-refractivity contribution is 6.04. The molecule has 0 aliphatic carbocycles. The molecule has 0 saturated carbocycles. The Morgan fingerprint density at radius 1 is 1.07 bits per heavy atom. The number of aromatic nitrogens is 2. The van der Waals surface area contributed by atoms with Gasteiger partial charge in [0, 0.05) is 18.1 Å². The van der Waals surface area contributed by atoms with Crippen molar-refractivity contribution in [3.8, 4) is 0 Å². The molecule has 2 N–H and O–H groups in total. The van der Waals surface area contributed by atoms with E-state index in [1.807, 2.05) is 25.1 Å². The number of anilines is 1. The van der Waals surface area contributed by atoms with Gasteiger partial charge in [-0.05, 0) is 30.2 Å². The number of hydrogen-bond acceptors (Lipinski definition) is 4. The van der Waals surface area contributed by atoms with Crippen LogP contribution in [0.3, 0.4) is 0 Å². The summed E-state index contributed by atoms with van der Waals surface area (Å²) in [5, 5.41) is 10.2. The van der Waals surface area contributed by atoms with Crippen molar-refractivity contribution in [1.29, 1.82) is 0 Å². The number of rotatable bonds is 5. The Morgan fingerprint density at radius 3 is 2.52 bits per heavy atom. The molecule has 27 heavy (non-hydrogen) atoms. The molecule has 0 saturated heterocycles. The SMILES string of the molecule is CCc1cccc(NC(=O)Cn2nc(C(=O)NC)c3ccccc3c2=O)c1. The molecule has 138 valence electrons. The summed E-state index contributed by atoms with van der Waals surface area (Å²) in [5.74, 6) is -0.813. The molecule has 0 unspecified atom stereocenters. The standard InChI is InChI=1S/C20H20N4O3/c1-3-13-7-6-8-14(11-13)22-17(25)12-24-20(27)16-10-5-4-9-15(16)18(23-24)19(26)21-2/h4-11H,3,12H2,1-2H3,(H,21,26)(H,22,25). The molecule has 7 nitrogen and oxygen atoms in total. The predicted molar refractivity (Wildman–Crippen MR) is 104 cm³/mol. The third-order valence-corrected chi connectivity index (χ3v) is 4.22. The smallest absolute Gasteiger partial charge is 0.275 e. The number of aryl methyl sites for hydroxylation is 1. The van der Waals surface area contributed by atoms with Crippen LogP contribution in [-0.4, -0.2) is 28.6 Å². The van der Waals surface area contributed by atoms with Crippen LogP contribution in [0.1, 0.15) is 23.0 Å². The van der Waals surface area contributed by atoms with Crippen LogP contribution in [-0.2, 0) is 17.8 Å². The van der Waals surface area contributed by atoms with Crippen molar-refractivity contribution in [2.45, 2.75) is 19.9 Å². The van der Waals surface area contributed by atoms with Gasteiger partial charge in [0.25, 0.3) is 11.5 Å². The van der Waals surface area contributed by atoms with Gasteiger partial charge >= 0.3 is 0 Å². The Balaban J connectivity index is 1.94. The van der Waals surface area contributed by atoms with Crippen LogP contribution in [0.2, 0.25) is 0 Å². The minimum Gasteiger partial charge on any atom is -0.354 e. The average molecular weight is 364 g/mol. The molecule has 3 rings (SSSR count). The van der Waals surface area contributed by atoms with Crippen LogP contribution < -0.4 is 16.2 Å². The molecular formula is C20H20N4O3. The van der Waals surface area contributed by atoms with Gasteiger partial charge in [-0.2, -0.15) is 5.10 Å². The van der Waals surface area contributed by atoms with Crippen molar-refractivity contribution < 1.29 is 9.59 Å². The first-order valence-electron chi connectivity index (χ1n) is 8.64. The average Bonchev–Trinajstić information content (AvgIpc) is 2.69. The van der Waals surface area contributed by atoms with Crippen LogP contribution in [0.15, 0.2) is 53.3 Å². The predicted octanol–water partition coefficient (Wildman–Crippen LogP) is 1.96. The maximum Gasteiger partial charge on any atom is 0.275 e. The fourth-order valence-corrected chi connectivity index (χ4v) is 2.83. The molecule has 0 bridgehead atoms. The van der Waals surface area contributed by atoms with E-state index in [-0.39, 0.29) is 12.2 Å². The van der Waals surface area contributed by atoms with Gasteiger partial charge in [-0.15, -0.1) is 0 Å². The van der Waals surface area contributed by atoms with Crippen molar-refractivity contribution in [2.24, 2.45) is 0 Å². The van der Waals surface area contributed by atoms with Crippen molar-refractivity contribution in [3.05, 3.63) is 70.1 Å². The van der Waals surface area contributed by atoms with Gasteiger partial charge in [0.15, 0.2) is 5.69 Å². The van der Waals surface area contributed by atoms with Crippen LogP contribution in [0, 0.1) is 0 Å². The number of hydrogen-bond donors (Lipinski definition) is 2. The Bertz CT molecular complexity index is 1070. The van der Waals surface area contributed by atoms with Crippen molar-refractivity contribution >= 4 is 28.3 Å². The largest absolute Gasteiger partial charge is 0.354 e. The lowest BCUT2D eigenvalue weighted by Gasteiger charge is -2.11. The highest BCUT2D eigenvalue weighted by Gasteiger charge is 2.17. The highest BCUT2D eigenvalue weighted by Crippen LogP contribution is 2.14. The molecule has 0 fully saturated rings. The lowest BCUT2D eigenvalue weighted by atomic mass is 10.1. The molecule has 2 amide bonds. The van der Waals surface area contributed by atoms with E-state index in [1.54, 1.807) is 30.3 Å². The molecule has 7 heteroatoms. The number of carbonyl (C=O) groups excluding carboxylic acids is 2. The summed E-state index contributed by atoms with van der Waals surface area (Å²) in [7, 11) is 1.49. The summed E-state index contributed by atoms with van der Waals surface area (Å²) in [6.45, 7) is 1.74. The minimum atomic E-state index is -0.421. The van der Waals surface area contributed by atoms with Gasteiger partial charge in [-0.3, -0.25) is 14.4 Å². The second kappa shape index (κ2) is 7.82. The quantitative estimate of drug-likeness (QED) is 0.724. The zero-order chi connectivity index (χ0) is 19.4. The number of carbonyl (C=O) groups is 2. The van der Waals surface area contributed by atoms with Crippen LogP contribution >= 0.6 is 0 Å². The number of nitrogens with one attached hydrogen (secondary N) is 2. The van der Waals surface area contributed by atoms with E-state index in [0.29, 0.717) is 16.5 Å². The van der Waals surface area contributed by atoms with Crippen LogP contribution in [0.4, 0.5) is 5.69 Å². The van der Waals surface area contributed by atoms with Gasteiger partial charge < -0.3 is 10.6 Å². The second-order valence-corrected chi connectivity index (χ2v) is 6.04. The number of benzene rings is 2. The fraction of sp³-hybridized carbons (Fsp3) is 0.200. The summed E-state index contributed by atoms with van der Waals surface area (Å²) >= 11 is 0. The molecular weight excluding hydrogens is 344 g/mol. The highest BCUT2D eigenvalue weighted by atomic mass is 16.2. The molecule has 1 aromatic heterocycles.